The van der Waals surface area contributed by atoms with Crippen molar-refractivity contribution in [2.75, 3.05) is 6.54 Å². The molecule has 0 bridgehead atoms. The van der Waals surface area contributed by atoms with E-state index in [-0.39, 0.29) is 6.10 Å². The summed E-state index contributed by atoms with van der Waals surface area (Å²) in [6, 6.07) is 3.00. The molecule has 0 aromatic carbocycles. The Hall–Kier alpha value is -0.590. The highest BCUT2D eigenvalue weighted by Crippen LogP contribution is 2.65. The number of nitrogens with two attached hydrogens (primary N) is 1. The molecule has 0 saturated heterocycles. The van der Waals surface area contributed by atoms with Gasteiger partial charge < -0.3 is 10.4 Å². The highest BCUT2D eigenvalue weighted by atomic mass is 16.3. The molecule has 4 aliphatic carbocycles. The maximum Gasteiger partial charge on any atom is 0.163 e. The van der Waals surface area contributed by atoms with E-state index in [2.05, 4.69) is 25.2 Å². The lowest BCUT2D eigenvalue weighted by atomic mass is 9.45. The molecule has 3 nitrogen and oxygen atoms in total. The summed E-state index contributed by atoms with van der Waals surface area (Å²) in [4.78, 5) is 0. The average Bonchev–Trinajstić information content (AvgIpc) is 2.90. The summed E-state index contributed by atoms with van der Waals surface area (Å²) in [5, 5.41) is 21.5. The van der Waals surface area contributed by atoms with Gasteiger partial charge in [-0.2, -0.15) is 5.26 Å². The van der Waals surface area contributed by atoms with Crippen molar-refractivity contribution < 1.29 is 10.4 Å². The van der Waals surface area contributed by atoms with Gasteiger partial charge in [0, 0.05) is 11.8 Å². The van der Waals surface area contributed by atoms with Gasteiger partial charge in [0.1, 0.15) is 6.07 Å². The minimum absolute atomic E-state index is 0.0371. The van der Waals surface area contributed by atoms with Crippen molar-refractivity contribution in [2.24, 2.45) is 34.5 Å². The third-order valence-corrected chi connectivity index (χ3v) is 9.21. The number of quaternary nitrogens is 1. The van der Waals surface area contributed by atoms with Gasteiger partial charge >= 0.3 is 0 Å². The first-order chi connectivity index (χ1) is 11.5. The van der Waals surface area contributed by atoms with E-state index < -0.39 is 0 Å². The number of hydrogen-bond donors (Lipinski definition) is 2. The minimum atomic E-state index is -0.0371. The largest absolute Gasteiger partial charge is 0.393 e. The van der Waals surface area contributed by atoms with Crippen molar-refractivity contribution in [3.8, 4) is 6.07 Å². The molecular formula is C21H35N2O+. The van der Waals surface area contributed by atoms with Crippen molar-refractivity contribution in [3.63, 3.8) is 0 Å². The summed E-state index contributed by atoms with van der Waals surface area (Å²) in [6.45, 7) is 5.73. The molecule has 0 radical (unpaired) electrons. The van der Waals surface area contributed by atoms with E-state index in [9.17, 15) is 5.11 Å². The van der Waals surface area contributed by atoms with Gasteiger partial charge in [-0.05, 0) is 80.5 Å². The van der Waals surface area contributed by atoms with E-state index in [1.54, 1.807) is 0 Å². The average molecular weight is 332 g/mol. The molecule has 4 rings (SSSR count). The van der Waals surface area contributed by atoms with Crippen LogP contribution in [-0.2, 0) is 0 Å². The van der Waals surface area contributed by atoms with Crippen molar-refractivity contribution in [1.82, 2.24) is 0 Å². The molecule has 4 aliphatic rings. The molecular weight excluding hydrogens is 296 g/mol. The van der Waals surface area contributed by atoms with Crippen LogP contribution in [0.5, 0.6) is 0 Å². The summed E-state index contributed by atoms with van der Waals surface area (Å²) >= 11 is 0. The van der Waals surface area contributed by atoms with Crippen LogP contribution in [0.4, 0.5) is 0 Å². The molecule has 0 aromatic rings. The maximum absolute atomic E-state index is 10.1. The van der Waals surface area contributed by atoms with Gasteiger partial charge in [-0.15, -0.1) is 0 Å². The Labute approximate surface area is 147 Å². The smallest absolute Gasteiger partial charge is 0.163 e. The third kappa shape index (κ3) is 2.36. The second-order valence-electron chi connectivity index (χ2n) is 9.91. The number of fused-ring (bicyclic) bond motifs is 5. The van der Waals surface area contributed by atoms with Gasteiger partial charge in [-0.1, -0.05) is 13.8 Å². The van der Waals surface area contributed by atoms with Gasteiger partial charge in [0.2, 0.25) is 0 Å². The van der Waals surface area contributed by atoms with E-state index in [0.717, 1.165) is 36.5 Å². The third-order valence-electron chi connectivity index (χ3n) is 9.21. The van der Waals surface area contributed by atoms with Crippen LogP contribution in [0.25, 0.3) is 0 Å². The Morgan fingerprint density at radius 3 is 2.54 bits per heavy atom. The Morgan fingerprint density at radius 1 is 1.00 bits per heavy atom. The Kier molecular flexibility index (Phi) is 4.21. The number of nitriles is 1. The predicted octanol–water partition coefficient (Wildman–Crippen LogP) is 2.85. The molecule has 3 heteroatoms. The number of rotatable bonds is 2. The molecule has 4 saturated carbocycles. The number of hydrogen-bond acceptors (Lipinski definition) is 2. The van der Waals surface area contributed by atoms with Crippen LogP contribution in [0.1, 0.15) is 71.6 Å². The topological polar surface area (TPSA) is 60.6 Å². The SMILES string of the molecule is C[C@]12CC[C@H]3[C@H](CC[C@H]4C[C@H](O)CC[C@@]43C)[C@H]1CC[C@H]2[NH2+]CC#N. The van der Waals surface area contributed by atoms with E-state index in [0.29, 0.717) is 23.4 Å². The summed E-state index contributed by atoms with van der Waals surface area (Å²) in [5.74, 6) is 3.42. The molecule has 4 fully saturated rings. The van der Waals surface area contributed by atoms with Crippen LogP contribution in [0, 0.1) is 45.8 Å². The van der Waals surface area contributed by atoms with Crippen LogP contribution in [0.15, 0.2) is 0 Å². The zero-order valence-electron chi connectivity index (χ0n) is 15.5. The van der Waals surface area contributed by atoms with Gasteiger partial charge in [-0.3, -0.25) is 0 Å². The summed E-state index contributed by atoms with van der Waals surface area (Å²) < 4.78 is 0. The number of nitrogens with zero attached hydrogens (tertiary/aromatic N) is 1. The quantitative estimate of drug-likeness (QED) is 0.764. The standard InChI is InChI=1S/C21H34N2O/c1-20-9-7-15(24)13-14(20)3-4-16-17-5-6-19(23-12-11-22)21(17,2)10-8-18(16)20/h14-19,23-24H,3-10,12-13H2,1-2H3/p+1/t14-,15+,16+,17+,18-,19+,20-,21-/m0/s1. The molecule has 0 amide bonds. The summed E-state index contributed by atoms with van der Waals surface area (Å²) in [6.07, 6.45) is 11.5. The molecule has 0 unspecified atom stereocenters. The van der Waals surface area contributed by atoms with Crippen molar-refractivity contribution in [3.05, 3.63) is 0 Å². The molecule has 0 aliphatic heterocycles. The molecule has 24 heavy (non-hydrogen) atoms. The maximum atomic E-state index is 10.1. The minimum Gasteiger partial charge on any atom is -0.393 e. The Morgan fingerprint density at radius 2 is 1.75 bits per heavy atom. The summed E-state index contributed by atoms with van der Waals surface area (Å²) in [7, 11) is 0. The van der Waals surface area contributed by atoms with Crippen molar-refractivity contribution in [2.45, 2.75) is 83.8 Å². The van der Waals surface area contributed by atoms with E-state index in [1.807, 2.05) is 0 Å². The first-order valence-electron chi connectivity index (χ1n) is 10.4. The van der Waals surface area contributed by atoms with Gasteiger partial charge in [0.15, 0.2) is 6.54 Å². The second kappa shape index (κ2) is 5.99. The molecule has 134 valence electrons. The van der Waals surface area contributed by atoms with Gasteiger partial charge in [0.25, 0.3) is 0 Å². The number of aliphatic hydroxyl groups excluding tert-OH is 1. The lowest BCUT2D eigenvalue weighted by Gasteiger charge is -2.60. The Balaban J connectivity index is 1.55. The summed E-state index contributed by atoms with van der Waals surface area (Å²) in [5.41, 5.74) is 0.938. The van der Waals surface area contributed by atoms with E-state index in [4.69, 9.17) is 5.26 Å². The van der Waals surface area contributed by atoms with Crippen LogP contribution in [0.3, 0.4) is 0 Å². The molecule has 0 heterocycles. The van der Waals surface area contributed by atoms with E-state index >= 15 is 0 Å². The fraction of sp³-hybridized carbons (Fsp3) is 0.952. The molecule has 3 N–H and O–H groups in total. The highest BCUT2D eigenvalue weighted by Gasteiger charge is 2.61. The van der Waals surface area contributed by atoms with Crippen LogP contribution >= 0.6 is 0 Å². The monoisotopic (exact) mass is 331 g/mol. The van der Waals surface area contributed by atoms with Crippen LogP contribution in [0.2, 0.25) is 0 Å². The molecule has 8 atom stereocenters. The second-order valence-corrected chi connectivity index (χ2v) is 9.91. The van der Waals surface area contributed by atoms with Crippen LogP contribution in [-0.4, -0.2) is 23.8 Å². The first-order valence-corrected chi connectivity index (χ1v) is 10.4. The zero-order chi connectivity index (χ0) is 16.9. The van der Waals surface area contributed by atoms with E-state index in [1.165, 1.54) is 44.9 Å². The zero-order valence-corrected chi connectivity index (χ0v) is 15.5. The Bertz CT molecular complexity index is 528. The molecule has 0 aromatic heterocycles. The lowest BCUT2D eigenvalue weighted by Crippen LogP contribution is -2.92. The van der Waals surface area contributed by atoms with Crippen LogP contribution < -0.4 is 5.32 Å². The highest BCUT2D eigenvalue weighted by molar-refractivity contribution is 5.09. The van der Waals surface area contributed by atoms with Crippen molar-refractivity contribution >= 4 is 0 Å². The predicted molar refractivity (Wildman–Crippen MR) is 93.9 cm³/mol. The van der Waals surface area contributed by atoms with Crippen molar-refractivity contribution in [1.29, 1.82) is 5.26 Å². The number of aliphatic hydroxyl groups is 1. The lowest BCUT2D eigenvalue weighted by molar-refractivity contribution is -0.692. The normalized spacial score (nSPS) is 53.6. The van der Waals surface area contributed by atoms with Gasteiger partial charge in [0.05, 0.1) is 12.1 Å². The fourth-order valence-electron chi connectivity index (χ4n) is 7.86. The first kappa shape index (κ1) is 16.9. The molecule has 0 spiro atoms. The van der Waals surface area contributed by atoms with Gasteiger partial charge in [-0.25, -0.2) is 0 Å². The fourth-order valence-corrected chi connectivity index (χ4v) is 7.86.